The molecule has 0 unspecified atom stereocenters. The molecule has 29 heavy (non-hydrogen) atoms. The molecule has 1 aromatic carbocycles. The molecule has 0 amide bonds. The summed E-state index contributed by atoms with van der Waals surface area (Å²) in [5.74, 6) is 2.57. The summed E-state index contributed by atoms with van der Waals surface area (Å²) in [6, 6.07) is 13.2. The smallest absolute Gasteiger partial charge is 0.284 e. The minimum absolute atomic E-state index is 0.316. The second-order valence-electron chi connectivity index (χ2n) is 5.97. The molecule has 0 aliphatic rings. The van der Waals surface area contributed by atoms with Gasteiger partial charge in [0.15, 0.2) is 5.76 Å². The Bertz CT molecular complexity index is 1230. The van der Waals surface area contributed by atoms with E-state index in [-0.39, 0.29) is 0 Å². The summed E-state index contributed by atoms with van der Waals surface area (Å²) in [6.07, 6.45) is 1.54. The van der Waals surface area contributed by atoms with Gasteiger partial charge in [-0.1, -0.05) is 47.3 Å². The van der Waals surface area contributed by atoms with E-state index in [1.54, 1.807) is 18.4 Å². The highest BCUT2D eigenvalue weighted by Crippen LogP contribution is 2.34. The van der Waals surface area contributed by atoms with Crippen molar-refractivity contribution in [2.45, 2.75) is 17.9 Å². The zero-order valence-corrected chi connectivity index (χ0v) is 15.9. The van der Waals surface area contributed by atoms with Gasteiger partial charge in [-0.15, -0.1) is 20.4 Å². The molecule has 0 saturated heterocycles. The Labute approximate surface area is 168 Å². The Morgan fingerprint density at radius 1 is 0.897 bits per heavy atom. The molecule has 0 atom stereocenters. The van der Waals surface area contributed by atoms with Crippen LogP contribution in [0.25, 0.3) is 34.4 Å². The largest absolute Gasteiger partial charge is 0.459 e. The van der Waals surface area contributed by atoms with Gasteiger partial charge in [0.1, 0.15) is 17.0 Å². The van der Waals surface area contributed by atoms with E-state index >= 15 is 0 Å². The Hall–Kier alpha value is -3.66. The number of hydrogen-bond acceptors (Lipinski definition) is 10. The number of rotatable bonds is 6. The van der Waals surface area contributed by atoms with E-state index in [1.165, 1.54) is 11.8 Å². The minimum atomic E-state index is 0.316. The average Bonchev–Trinajstić information content (AvgIpc) is 3.53. The summed E-state index contributed by atoms with van der Waals surface area (Å²) in [6.45, 7) is 1.81. The van der Waals surface area contributed by atoms with Crippen molar-refractivity contribution >= 4 is 11.8 Å². The van der Waals surface area contributed by atoms with E-state index in [4.69, 9.17) is 17.8 Å². The number of nitrogens with zero attached hydrogens (tertiary/aromatic N) is 5. The average molecular weight is 407 g/mol. The molecule has 0 N–H and O–H groups in total. The zero-order valence-electron chi connectivity index (χ0n) is 15.1. The predicted octanol–water partition coefficient (Wildman–Crippen LogP) is 4.64. The first-order valence-corrected chi connectivity index (χ1v) is 9.61. The van der Waals surface area contributed by atoms with Crippen molar-refractivity contribution in [3.8, 4) is 34.4 Å². The highest BCUT2D eigenvalue weighted by molar-refractivity contribution is 7.98. The summed E-state index contributed by atoms with van der Waals surface area (Å²) in [7, 11) is 0. The molecule has 0 radical (unpaired) electrons. The lowest BCUT2D eigenvalue weighted by Gasteiger charge is -1.98. The third-order valence-electron chi connectivity index (χ3n) is 4.05. The normalized spacial score (nSPS) is 11.2. The summed E-state index contributed by atoms with van der Waals surface area (Å²) >= 11 is 1.29. The first kappa shape index (κ1) is 17.4. The van der Waals surface area contributed by atoms with Crippen LogP contribution in [0, 0.1) is 6.92 Å². The van der Waals surface area contributed by atoms with Crippen LogP contribution in [0.1, 0.15) is 11.7 Å². The lowest BCUT2D eigenvalue weighted by atomic mass is 10.1. The zero-order chi connectivity index (χ0) is 19.6. The molecule has 0 fully saturated rings. The highest BCUT2D eigenvalue weighted by Gasteiger charge is 2.22. The molecule has 0 saturated carbocycles. The maximum Gasteiger partial charge on any atom is 0.284 e. The number of hydrogen-bond donors (Lipinski definition) is 0. The van der Waals surface area contributed by atoms with Gasteiger partial charge in [0.25, 0.3) is 17.0 Å². The molecule has 0 bridgehead atoms. The Morgan fingerprint density at radius 2 is 1.76 bits per heavy atom. The van der Waals surface area contributed by atoms with Crippen molar-refractivity contribution in [3.63, 3.8) is 0 Å². The van der Waals surface area contributed by atoms with Crippen LogP contribution in [-0.4, -0.2) is 25.6 Å². The molecule has 9 nitrogen and oxygen atoms in total. The van der Waals surface area contributed by atoms with Crippen LogP contribution in [0.4, 0.5) is 0 Å². The predicted molar refractivity (Wildman–Crippen MR) is 102 cm³/mol. The van der Waals surface area contributed by atoms with Crippen LogP contribution >= 0.6 is 11.8 Å². The molecular formula is C19H13N5O4S. The molecule has 144 valence electrons. The third-order valence-corrected chi connectivity index (χ3v) is 4.85. The lowest BCUT2D eigenvalue weighted by molar-refractivity contribution is 0.399. The van der Waals surface area contributed by atoms with Crippen LogP contribution in [0.15, 0.2) is 71.7 Å². The van der Waals surface area contributed by atoms with Crippen molar-refractivity contribution < 1.29 is 17.8 Å². The van der Waals surface area contributed by atoms with Gasteiger partial charge < -0.3 is 17.8 Å². The fraction of sp³-hybridized carbons (Fsp3) is 0.105. The van der Waals surface area contributed by atoms with Crippen molar-refractivity contribution in [2.75, 3.05) is 0 Å². The third kappa shape index (κ3) is 3.45. The molecule has 5 rings (SSSR count). The molecule has 10 heteroatoms. The summed E-state index contributed by atoms with van der Waals surface area (Å²) < 4.78 is 22.0. The number of aryl methyl sites for hydroxylation is 1. The SMILES string of the molecule is Cc1onc(-c2ccccc2)c1-c1nnc(CSc2nnc(-c3ccco3)o2)o1. The van der Waals surface area contributed by atoms with E-state index < -0.39 is 0 Å². The van der Waals surface area contributed by atoms with Gasteiger partial charge in [0.05, 0.1) is 12.0 Å². The second-order valence-corrected chi connectivity index (χ2v) is 6.90. The maximum absolute atomic E-state index is 5.82. The molecular weight excluding hydrogens is 394 g/mol. The van der Waals surface area contributed by atoms with Gasteiger partial charge in [-0.2, -0.15) is 0 Å². The molecule has 4 aromatic heterocycles. The van der Waals surface area contributed by atoms with Gasteiger partial charge >= 0.3 is 0 Å². The van der Waals surface area contributed by atoms with Gasteiger partial charge in [-0.3, -0.25) is 0 Å². The summed E-state index contributed by atoms with van der Waals surface area (Å²) in [4.78, 5) is 0. The second kappa shape index (κ2) is 7.40. The molecule has 0 aliphatic heterocycles. The Morgan fingerprint density at radius 3 is 2.59 bits per heavy atom. The first-order chi connectivity index (χ1) is 14.3. The highest BCUT2D eigenvalue weighted by atomic mass is 32.2. The number of furan rings is 1. The first-order valence-electron chi connectivity index (χ1n) is 8.62. The van der Waals surface area contributed by atoms with E-state index in [0.29, 0.717) is 51.4 Å². The van der Waals surface area contributed by atoms with Crippen molar-refractivity contribution in [1.29, 1.82) is 0 Å². The van der Waals surface area contributed by atoms with E-state index in [2.05, 4.69) is 25.6 Å². The van der Waals surface area contributed by atoms with Crippen LogP contribution < -0.4 is 0 Å². The van der Waals surface area contributed by atoms with Gasteiger partial charge in [0, 0.05) is 5.56 Å². The van der Waals surface area contributed by atoms with Gasteiger partial charge in [0.2, 0.25) is 5.89 Å². The monoisotopic (exact) mass is 407 g/mol. The lowest BCUT2D eigenvalue weighted by Crippen LogP contribution is -1.84. The number of aromatic nitrogens is 5. The van der Waals surface area contributed by atoms with Gasteiger partial charge in [-0.25, -0.2) is 0 Å². The number of benzene rings is 1. The van der Waals surface area contributed by atoms with E-state index in [9.17, 15) is 0 Å². The van der Waals surface area contributed by atoms with Crippen LogP contribution in [-0.2, 0) is 5.75 Å². The quantitative estimate of drug-likeness (QED) is 0.368. The van der Waals surface area contributed by atoms with Crippen molar-refractivity contribution in [3.05, 3.63) is 60.4 Å². The molecule has 5 aromatic rings. The van der Waals surface area contributed by atoms with Gasteiger partial charge in [-0.05, 0) is 19.1 Å². The molecule has 4 heterocycles. The summed E-state index contributed by atoms with van der Waals surface area (Å²) in [5, 5.41) is 20.7. The van der Waals surface area contributed by atoms with Crippen molar-refractivity contribution in [2.24, 2.45) is 0 Å². The fourth-order valence-electron chi connectivity index (χ4n) is 2.72. The maximum atomic E-state index is 5.82. The topological polar surface area (TPSA) is 117 Å². The molecule has 0 aliphatic carbocycles. The minimum Gasteiger partial charge on any atom is -0.459 e. The standard InChI is InChI=1S/C19H13N5O4S/c1-11-15(16(24-28-11)12-6-3-2-4-7-12)18-22-20-14(26-18)10-29-19-23-21-17(27-19)13-8-5-9-25-13/h2-9H,10H2,1H3. The summed E-state index contributed by atoms with van der Waals surface area (Å²) in [5.41, 5.74) is 2.24. The van der Waals surface area contributed by atoms with E-state index in [1.807, 2.05) is 37.3 Å². The molecule has 0 spiro atoms. The van der Waals surface area contributed by atoms with Crippen molar-refractivity contribution in [1.82, 2.24) is 25.6 Å². The van der Waals surface area contributed by atoms with E-state index in [0.717, 1.165) is 5.56 Å². The fourth-order valence-corrected chi connectivity index (χ4v) is 3.32. The van der Waals surface area contributed by atoms with Crippen LogP contribution in [0.2, 0.25) is 0 Å². The Balaban J connectivity index is 1.34. The van der Waals surface area contributed by atoms with Crippen LogP contribution in [0.5, 0.6) is 0 Å². The Kier molecular flexibility index (Phi) is 4.45. The number of thioether (sulfide) groups is 1. The van der Waals surface area contributed by atoms with Crippen LogP contribution in [0.3, 0.4) is 0 Å².